The number of aliphatic carboxylic acids is 1. The van der Waals surface area contributed by atoms with Crippen LogP contribution in [0.15, 0.2) is 0 Å². The number of carbonyl (C=O) groups is 2. The van der Waals surface area contributed by atoms with Gasteiger partial charge in [0.25, 0.3) is 0 Å². The Bertz CT molecular complexity index is 320. The second kappa shape index (κ2) is 5.59. The fraction of sp³-hybridized carbons (Fsp3) is 0.846. The lowest BCUT2D eigenvalue weighted by atomic mass is 9.82. The molecule has 2 amide bonds. The number of carboxylic acid groups (broad SMARTS) is 1. The Balaban J connectivity index is 2.67. The highest BCUT2D eigenvalue weighted by Gasteiger charge is 2.41. The van der Waals surface area contributed by atoms with E-state index in [9.17, 15) is 14.7 Å². The van der Waals surface area contributed by atoms with E-state index in [0.29, 0.717) is 12.8 Å². The lowest BCUT2D eigenvalue weighted by Gasteiger charge is -2.35. The fourth-order valence-electron chi connectivity index (χ4n) is 2.19. The Hall–Kier alpha value is -1.26. The minimum absolute atomic E-state index is 0.321. The highest BCUT2D eigenvalue weighted by Crippen LogP contribution is 2.28. The van der Waals surface area contributed by atoms with Gasteiger partial charge in [0.05, 0.1) is 0 Å². The Labute approximate surface area is 108 Å². The summed E-state index contributed by atoms with van der Waals surface area (Å²) in [5.41, 5.74) is -1.40. The number of carbonyl (C=O) groups excluding carboxylic acids is 1. The largest absolute Gasteiger partial charge is 0.480 e. The molecule has 0 atom stereocenters. The van der Waals surface area contributed by atoms with Crippen LogP contribution in [-0.2, 0) is 4.79 Å². The van der Waals surface area contributed by atoms with Gasteiger partial charge in [-0.25, -0.2) is 9.59 Å². The molecule has 0 aromatic carbocycles. The van der Waals surface area contributed by atoms with Gasteiger partial charge >= 0.3 is 12.0 Å². The zero-order valence-electron chi connectivity index (χ0n) is 11.5. The van der Waals surface area contributed by atoms with Crippen LogP contribution in [0.1, 0.15) is 59.3 Å². The van der Waals surface area contributed by atoms with E-state index in [4.69, 9.17) is 0 Å². The Morgan fingerprint density at radius 3 is 2.22 bits per heavy atom. The summed E-state index contributed by atoms with van der Waals surface area (Å²) in [5, 5.41) is 14.8. The van der Waals surface area contributed by atoms with E-state index in [2.05, 4.69) is 10.6 Å². The van der Waals surface area contributed by atoms with E-state index in [-0.39, 0.29) is 11.6 Å². The Morgan fingerprint density at radius 2 is 1.78 bits per heavy atom. The molecule has 1 saturated carbocycles. The molecule has 0 aromatic heterocycles. The Morgan fingerprint density at radius 1 is 1.22 bits per heavy atom. The molecule has 0 spiro atoms. The van der Waals surface area contributed by atoms with Crippen LogP contribution in [0, 0.1) is 0 Å². The van der Waals surface area contributed by atoms with Crippen molar-refractivity contribution in [3.8, 4) is 0 Å². The van der Waals surface area contributed by atoms with Crippen LogP contribution in [0.4, 0.5) is 4.79 Å². The maximum atomic E-state index is 11.9. The summed E-state index contributed by atoms with van der Waals surface area (Å²) >= 11 is 0. The van der Waals surface area contributed by atoms with Crippen LogP contribution >= 0.6 is 0 Å². The molecular formula is C13H24N2O3. The summed E-state index contributed by atoms with van der Waals surface area (Å²) < 4.78 is 0. The first-order valence-corrected chi connectivity index (χ1v) is 6.65. The van der Waals surface area contributed by atoms with Crippen LogP contribution in [-0.4, -0.2) is 28.2 Å². The first-order chi connectivity index (χ1) is 8.31. The quantitative estimate of drug-likeness (QED) is 0.722. The van der Waals surface area contributed by atoms with Gasteiger partial charge in [-0.2, -0.15) is 0 Å². The predicted molar refractivity (Wildman–Crippen MR) is 69.5 cm³/mol. The molecule has 5 nitrogen and oxygen atoms in total. The number of hydrogen-bond acceptors (Lipinski definition) is 2. The SMILES string of the molecule is CCC(C)(C)NC(=O)NC1(C(=O)O)CCCCC1. The Kier molecular flexibility index (Phi) is 4.59. The number of amides is 2. The molecule has 5 heteroatoms. The third-order valence-electron chi connectivity index (χ3n) is 3.81. The maximum absolute atomic E-state index is 11.9. The number of carboxylic acids is 1. The van der Waals surface area contributed by atoms with Crippen LogP contribution in [0.2, 0.25) is 0 Å². The first kappa shape index (κ1) is 14.8. The third kappa shape index (κ3) is 3.62. The van der Waals surface area contributed by atoms with E-state index in [1.54, 1.807) is 0 Å². The zero-order valence-corrected chi connectivity index (χ0v) is 11.5. The van der Waals surface area contributed by atoms with Gasteiger partial charge in [-0.15, -0.1) is 0 Å². The van der Waals surface area contributed by atoms with Crippen molar-refractivity contribution in [1.29, 1.82) is 0 Å². The second-order valence-corrected chi connectivity index (χ2v) is 5.76. The smallest absolute Gasteiger partial charge is 0.329 e. The molecule has 104 valence electrons. The summed E-state index contributed by atoms with van der Waals surface area (Å²) in [4.78, 5) is 23.3. The highest BCUT2D eigenvalue weighted by molar-refractivity contribution is 5.86. The molecule has 0 saturated heterocycles. The molecule has 0 unspecified atom stereocenters. The summed E-state index contributed by atoms with van der Waals surface area (Å²) in [7, 11) is 0. The van der Waals surface area contributed by atoms with Crippen LogP contribution < -0.4 is 10.6 Å². The summed E-state index contributed by atoms with van der Waals surface area (Å²) in [5.74, 6) is -0.924. The van der Waals surface area contributed by atoms with Crippen molar-refractivity contribution in [1.82, 2.24) is 10.6 Å². The van der Waals surface area contributed by atoms with E-state index < -0.39 is 11.5 Å². The highest BCUT2D eigenvalue weighted by atomic mass is 16.4. The molecule has 0 radical (unpaired) electrons. The van der Waals surface area contributed by atoms with Gasteiger partial charge in [0.15, 0.2) is 0 Å². The first-order valence-electron chi connectivity index (χ1n) is 6.65. The van der Waals surface area contributed by atoms with Gasteiger partial charge in [0.1, 0.15) is 5.54 Å². The third-order valence-corrected chi connectivity index (χ3v) is 3.81. The fourth-order valence-corrected chi connectivity index (χ4v) is 2.19. The van der Waals surface area contributed by atoms with Crippen LogP contribution in [0.25, 0.3) is 0 Å². The molecule has 1 rings (SSSR count). The van der Waals surface area contributed by atoms with Gasteiger partial charge in [-0.3, -0.25) is 0 Å². The zero-order chi connectivity index (χ0) is 13.8. The van der Waals surface area contributed by atoms with Crippen molar-refractivity contribution in [2.24, 2.45) is 0 Å². The molecular weight excluding hydrogens is 232 g/mol. The van der Waals surface area contributed by atoms with Crippen LogP contribution in [0.3, 0.4) is 0 Å². The second-order valence-electron chi connectivity index (χ2n) is 5.76. The molecule has 0 aromatic rings. The monoisotopic (exact) mass is 256 g/mol. The summed E-state index contributed by atoms with van der Waals surface area (Å²) in [6, 6.07) is -0.383. The molecule has 1 aliphatic carbocycles. The van der Waals surface area contributed by atoms with Gasteiger partial charge in [0, 0.05) is 5.54 Å². The van der Waals surface area contributed by atoms with E-state index in [1.807, 2.05) is 20.8 Å². The van der Waals surface area contributed by atoms with Crippen molar-refractivity contribution in [3.63, 3.8) is 0 Å². The normalized spacial score (nSPS) is 19.1. The summed E-state index contributed by atoms with van der Waals surface area (Å²) in [6.45, 7) is 5.82. The van der Waals surface area contributed by atoms with Crippen molar-refractivity contribution >= 4 is 12.0 Å². The minimum atomic E-state index is -1.08. The van der Waals surface area contributed by atoms with Crippen LogP contribution in [0.5, 0.6) is 0 Å². The van der Waals surface area contributed by atoms with Crippen molar-refractivity contribution in [3.05, 3.63) is 0 Å². The average molecular weight is 256 g/mol. The molecule has 1 aliphatic rings. The van der Waals surface area contributed by atoms with E-state index >= 15 is 0 Å². The lowest BCUT2D eigenvalue weighted by molar-refractivity contribution is -0.145. The topological polar surface area (TPSA) is 78.4 Å². The number of nitrogens with one attached hydrogen (secondary N) is 2. The molecule has 0 bridgehead atoms. The van der Waals surface area contributed by atoms with Crippen molar-refractivity contribution in [2.45, 2.75) is 70.4 Å². The molecule has 0 aliphatic heterocycles. The van der Waals surface area contributed by atoms with Crippen molar-refractivity contribution in [2.75, 3.05) is 0 Å². The molecule has 0 heterocycles. The maximum Gasteiger partial charge on any atom is 0.329 e. The van der Waals surface area contributed by atoms with E-state index in [0.717, 1.165) is 25.7 Å². The molecule has 3 N–H and O–H groups in total. The van der Waals surface area contributed by atoms with Gasteiger partial charge in [-0.05, 0) is 33.1 Å². The van der Waals surface area contributed by atoms with Crippen molar-refractivity contribution < 1.29 is 14.7 Å². The lowest BCUT2D eigenvalue weighted by Crippen LogP contribution is -2.60. The number of urea groups is 1. The van der Waals surface area contributed by atoms with E-state index in [1.165, 1.54) is 0 Å². The minimum Gasteiger partial charge on any atom is -0.480 e. The standard InChI is InChI=1S/C13H24N2O3/c1-4-12(2,3)14-11(18)15-13(10(16)17)8-6-5-7-9-13/h4-9H2,1-3H3,(H,16,17)(H2,14,15,18). The molecule has 18 heavy (non-hydrogen) atoms. The number of rotatable bonds is 4. The van der Waals surface area contributed by atoms with Gasteiger partial charge in [-0.1, -0.05) is 26.2 Å². The van der Waals surface area contributed by atoms with Gasteiger partial charge in [0.2, 0.25) is 0 Å². The molecule has 1 fully saturated rings. The van der Waals surface area contributed by atoms with Gasteiger partial charge < -0.3 is 15.7 Å². The summed E-state index contributed by atoms with van der Waals surface area (Å²) in [6.07, 6.45) is 4.57. The average Bonchev–Trinajstić information content (AvgIpc) is 2.29. The number of hydrogen-bond donors (Lipinski definition) is 3. The predicted octanol–water partition coefficient (Wildman–Crippen LogP) is 2.26.